The summed E-state index contributed by atoms with van der Waals surface area (Å²) in [6.45, 7) is 9.33. The lowest BCUT2D eigenvalue weighted by molar-refractivity contribution is 0.133. The number of likely N-dealkylation sites (tertiary alicyclic amines) is 1. The lowest BCUT2D eigenvalue weighted by atomic mass is 9.96. The summed E-state index contributed by atoms with van der Waals surface area (Å²) in [7, 11) is 1.73. The van der Waals surface area contributed by atoms with Crippen molar-refractivity contribution in [2.75, 3.05) is 53.0 Å². The van der Waals surface area contributed by atoms with Crippen molar-refractivity contribution in [3.63, 3.8) is 0 Å². The molecule has 5 nitrogen and oxygen atoms in total. The zero-order chi connectivity index (χ0) is 21.9. The summed E-state index contributed by atoms with van der Waals surface area (Å²) < 4.78 is 10.8. The maximum absolute atomic E-state index is 8.88. The predicted octanol–water partition coefficient (Wildman–Crippen LogP) is 3.84. The topological polar surface area (TPSA) is 45.2 Å². The fourth-order valence-electron chi connectivity index (χ4n) is 4.40. The molecule has 1 saturated heterocycles. The molecule has 1 aliphatic rings. The van der Waals surface area contributed by atoms with Crippen molar-refractivity contribution in [2.45, 2.75) is 32.7 Å². The molecular formula is C26H38N2O3. The van der Waals surface area contributed by atoms with Crippen molar-refractivity contribution < 1.29 is 14.6 Å². The number of ether oxygens (including phenoxy) is 2. The van der Waals surface area contributed by atoms with Gasteiger partial charge in [0, 0.05) is 26.2 Å². The minimum absolute atomic E-state index is 0.0450. The van der Waals surface area contributed by atoms with Crippen molar-refractivity contribution in [1.29, 1.82) is 0 Å². The molecule has 2 aromatic carbocycles. The van der Waals surface area contributed by atoms with E-state index in [4.69, 9.17) is 14.6 Å². The molecule has 0 aromatic heterocycles. The number of hydrogen-bond donors (Lipinski definition) is 1. The average molecular weight is 427 g/mol. The minimum atomic E-state index is 0.0450. The van der Waals surface area contributed by atoms with E-state index in [0.29, 0.717) is 6.61 Å². The third-order valence-corrected chi connectivity index (χ3v) is 6.11. The molecule has 1 atom stereocenters. The second kappa shape index (κ2) is 12.7. The molecule has 0 saturated carbocycles. The van der Waals surface area contributed by atoms with E-state index in [9.17, 15) is 0 Å². The van der Waals surface area contributed by atoms with Crippen LogP contribution in [0.1, 0.15) is 30.9 Å². The van der Waals surface area contributed by atoms with Crippen LogP contribution >= 0.6 is 0 Å². The van der Waals surface area contributed by atoms with Crippen LogP contribution in [0.4, 0.5) is 0 Å². The van der Waals surface area contributed by atoms with E-state index in [1.807, 2.05) is 18.2 Å². The minimum Gasteiger partial charge on any atom is -0.497 e. The summed E-state index contributed by atoms with van der Waals surface area (Å²) in [4.78, 5) is 5.19. The van der Waals surface area contributed by atoms with E-state index in [1.165, 1.54) is 37.1 Å². The van der Waals surface area contributed by atoms with E-state index < -0.39 is 0 Å². The van der Waals surface area contributed by atoms with Gasteiger partial charge in [-0.3, -0.25) is 4.90 Å². The molecule has 1 N–H and O–H groups in total. The van der Waals surface area contributed by atoms with Gasteiger partial charge >= 0.3 is 0 Å². The van der Waals surface area contributed by atoms with Gasteiger partial charge in [0.15, 0.2) is 0 Å². The normalized spacial score (nSPS) is 17.1. The summed E-state index contributed by atoms with van der Waals surface area (Å²) in [6, 6.07) is 16.7. The van der Waals surface area contributed by atoms with E-state index in [-0.39, 0.29) is 6.61 Å². The molecule has 0 bridgehead atoms. The lowest BCUT2D eigenvalue weighted by Crippen LogP contribution is -2.41. The Bertz CT molecular complexity index is 766. The zero-order valence-electron chi connectivity index (χ0n) is 19.1. The number of methoxy groups -OCH3 is 1. The fraction of sp³-hybridized carbons (Fsp3) is 0.538. The third kappa shape index (κ3) is 7.84. The molecule has 31 heavy (non-hydrogen) atoms. The SMILES string of the molecule is CCN(Cc1ccc(OCCO)cc1)C[C@@H]1CCCN(CCc2cccc(OC)c2)C1. The summed E-state index contributed by atoms with van der Waals surface area (Å²) >= 11 is 0. The van der Waals surface area contributed by atoms with Gasteiger partial charge in [-0.2, -0.15) is 0 Å². The monoisotopic (exact) mass is 426 g/mol. The van der Waals surface area contributed by atoms with E-state index >= 15 is 0 Å². The smallest absolute Gasteiger partial charge is 0.119 e. The summed E-state index contributed by atoms with van der Waals surface area (Å²) in [5.41, 5.74) is 2.66. The van der Waals surface area contributed by atoms with Crippen LogP contribution in [0.15, 0.2) is 48.5 Å². The van der Waals surface area contributed by atoms with E-state index in [1.54, 1.807) is 7.11 Å². The van der Waals surface area contributed by atoms with E-state index in [2.05, 4.69) is 47.1 Å². The van der Waals surface area contributed by atoms with Crippen LogP contribution in [0.25, 0.3) is 0 Å². The van der Waals surface area contributed by atoms with Gasteiger partial charge in [-0.05, 0) is 73.7 Å². The van der Waals surface area contributed by atoms with Crippen LogP contribution in [0.5, 0.6) is 11.5 Å². The Morgan fingerprint density at radius 1 is 1.10 bits per heavy atom. The number of piperidine rings is 1. The largest absolute Gasteiger partial charge is 0.497 e. The average Bonchev–Trinajstić information content (AvgIpc) is 2.82. The molecule has 170 valence electrons. The highest BCUT2D eigenvalue weighted by Gasteiger charge is 2.21. The van der Waals surface area contributed by atoms with Gasteiger partial charge < -0.3 is 19.5 Å². The maximum Gasteiger partial charge on any atom is 0.119 e. The Morgan fingerprint density at radius 2 is 1.94 bits per heavy atom. The van der Waals surface area contributed by atoms with Gasteiger partial charge in [-0.15, -0.1) is 0 Å². The van der Waals surface area contributed by atoms with Crippen LogP contribution in [0.3, 0.4) is 0 Å². The number of aliphatic hydroxyl groups excluding tert-OH is 1. The van der Waals surface area contributed by atoms with Gasteiger partial charge in [0.2, 0.25) is 0 Å². The van der Waals surface area contributed by atoms with Crippen LogP contribution in [-0.2, 0) is 13.0 Å². The Kier molecular flexibility index (Phi) is 9.66. The van der Waals surface area contributed by atoms with Crippen molar-refractivity contribution in [1.82, 2.24) is 9.80 Å². The quantitative estimate of drug-likeness (QED) is 0.559. The highest BCUT2D eigenvalue weighted by molar-refractivity contribution is 5.29. The molecule has 1 heterocycles. The summed E-state index contributed by atoms with van der Waals surface area (Å²) in [5, 5.41) is 8.88. The molecule has 1 aliphatic heterocycles. The first-order chi connectivity index (χ1) is 15.2. The highest BCUT2D eigenvalue weighted by atomic mass is 16.5. The van der Waals surface area contributed by atoms with Crippen molar-refractivity contribution in [3.05, 3.63) is 59.7 Å². The Balaban J connectivity index is 1.46. The second-order valence-corrected chi connectivity index (χ2v) is 8.45. The van der Waals surface area contributed by atoms with Crippen LogP contribution in [0, 0.1) is 5.92 Å². The molecule has 0 radical (unpaired) electrons. The second-order valence-electron chi connectivity index (χ2n) is 8.45. The van der Waals surface area contributed by atoms with Gasteiger partial charge in [0.25, 0.3) is 0 Å². The van der Waals surface area contributed by atoms with Gasteiger partial charge in [0.1, 0.15) is 18.1 Å². The van der Waals surface area contributed by atoms with E-state index in [0.717, 1.165) is 50.0 Å². The first-order valence-electron chi connectivity index (χ1n) is 11.6. The lowest BCUT2D eigenvalue weighted by Gasteiger charge is -2.35. The fourth-order valence-corrected chi connectivity index (χ4v) is 4.40. The van der Waals surface area contributed by atoms with Crippen LogP contribution in [-0.4, -0.2) is 68.0 Å². The molecule has 0 spiro atoms. The van der Waals surface area contributed by atoms with Crippen molar-refractivity contribution in [2.24, 2.45) is 5.92 Å². The summed E-state index contributed by atoms with van der Waals surface area (Å²) in [5.74, 6) is 2.49. The Labute approximate surface area is 187 Å². The van der Waals surface area contributed by atoms with Gasteiger partial charge in [-0.25, -0.2) is 0 Å². The molecule has 1 fully saturated rings. The molecule has 5 heteroatoms. The van der Waals surface area contributed by atoms with Crippen molar-refractivity contribution >= 4 is 0 Å². The molecule has 0 unspecified atom stereocenters. The Morgan fingerprint density at radius 3 is 2.68 bits per heavy atom. The van der Waals surface area contributed by atoms with Gasteiger partial charge in [0.05, 0.1) is 13.7 Å². The number of nitrogens with zero attached hydrogens (tertiary/aromatic N) is 2. The molecular weight excluding hydrogens is 388 g/mol. The number of benzene rings is 2. The Hall–Kier alpha value is -2.08. The molecule has 0 amide bonds. The predicted molar refractivity (Wildman–Crippen MR) is 126 cm³/mol. The number of hydrogen-bond acceptors (Lipinski definition) is 5. The summed E-state index contributed by atoms with van der Waals surface area (Å²) in [6.07, 6.45) is 3.68. The van der Waals surface area contributed by atoms with Gasteiger partial charge in [-0.1, -0.05) is 31.2 Å². The first-order valence-corrected chi connectivity index (χ1v) is 11.6. The molecule has 3 rings (SSSR count). The highest BCUT2D eigenvalue weighted by Crippen LogP contribution is 2.21. The number of aliphatic hydroxyl groups is 1. The zero-order valence-corrected chi connectivity index (χ0v) is 19.1. The molecule has 0 aliphatic carbocycles. The maximum atomic E-state index is 8.88. The van der Waals surface area contributed by atoms with Crippen LogP contribution in [0.2, 0.25) is 0 Å². The van der Waals surface area contributed by atoms with Crippen molar-refractivity contribution in [3.8, 4) is 11.5 Å². The first kappa shape index (κ1) is 23.6. The number of rotatable bonds is 12. The third-order valence-electron chi connectivity index (χ3n) is 6.11. The van der Waals surface area contributed by atoms with Crippen LogP contribution < -0.4 is 9.47 Å². The standard InChI is InChI=1S/C26H38N2O3/c1-3-27(19-23-9-11-25(12-10-23)31-17-16-29)20-24-7-5-14-28(21-24)15-13-22-6-4-8-26(18-22)30-2/h4,6,8-12,18,24,29H,3,5,7,13-17,19-21H2,1-2H3/t24-/m0/s1. The molecule has 2 aromatic rings.